The number of fused-ring (bicyclic) bond motifs is 1. The summed E-state index contributed by atoms with van der Waals surface area (Å²) in [4.78, 5) is 23.1. The summed E-state index contributed by atoms with van der Waals surface area (Å²) in [7, 11) is 0. The van der Waals surface area contributed by atoms with Gasteiger partial charge in [0.2, 0.25) is 5.76 Å². The van der Waals surface area contributed by atoms with Crippen LogP contribution in [0, 0.1) is 5.82 Å². The monoisotopic (exact) mass is 270 g/mol. The van der Waals surface area contributed by atoms with E-state index in [4.69, 9.17) is 20.8 Å². The van der Waals surface area contributed by atoms with Gasteiger partial charge >= 0.3 is 5.97 Å². The molecule has 0 aliphatic carbocycles. The van der Waals surface area contributed by atoms with Crippen molar-refractivity contribution in [1.82, 2.24) is 0 Å². The van der Waals surface area contributed by atoms with Crippen molar-refractivity contribution in [3.05, 3.63) is 45.0 Å². The topological polar surface area (TPSA) is 56.5 Å². The summed E-state index contributed by atoms with van der Waals surface area (Å²) in [6, 6.07) is 3.09. The Hall–Kier alpha value is -1.88. The first kappa shape index (κ1) is 12.6. The SMILES string of the molecule is CCOC(=O)c1cc(=O)c2cc(F)c(Cl)cc2o1. The van der Waals surface area contributed by atoms with E-state index in [1.54, 1.807) is 6.92 Å². The number of carbonyl (C=O) groups is 1. The van der Waals surface area contributed by atoms with Crippen molar-refractivity contribution in [2.45, 2.75) is 6.92 Å². The van der Waals surface area contributed by atoms with Gasteiger partial charge in [-0.2, -0.15) is 0 Å². The number of rotatable bonds is 2. The molecule has 1 aromatic carbocycles. The van der Waals surface area contributed by atoms with Gasteiger partial charge in [0, 0.05) is 12.1 Å². The van der Waals surface area contributed by atoms with Crippen LogP contribution in [0.5, 0.6) is 0 Å². The van der Waals surface area contributed by atoms with Gasteiger partial charge in [-0.1, -0.05) is 11.6 Å². The van der Waals surface area contributed by atoms with Gasteiger partial charge in [0.1, 0.15) is 11.4 Å². The van der Waals surface area contributed by atoms with Crippen LogP contribution in [0.25, 0.3) is 11.0 Å². The van der Waals surface area contributed by atoms with Gasteiger partial charge in [-0.25, -0.2) is 9.18 Å². The van der Waals surface area contributed by atoms with Gasteiger partial charge in [-0.3, -0.25) is 4.79 Å². The van der Waals surface area contributed by atoms with Crippen molar-refractivity contribution in [3.8, 4) is 0 Å². The maximum Gasteiger partial charge on any atom is 0.374 e. The minimum absolute atomic E-state index is 0.0185. The highest BCUT2D eigenvalue weighted by Gasteiger charge is 2.14. The molecule has 0 unspecified atom stereocenters. The summed E-state index contributed by atoms with van der Waals surface area (Å²) < 4.78 is 23.1. The lowest BCUT2D eigenvalue weighted by atomic mass is 10.2. The average molecular weight is 271 g/mol. The molecule has 4 nitrogen and oxygen atoms in total. The minimum atomic E-state index is -0.753. The normalized spacial score (nSPS) is 10.6. The van der Waals surface area contributed by atoms with Crippen LogP contribution in [0.2, 0.25) is 5.02 Å². The lowest BCUT2D eigenvalue weighted by molar-refractivity contribution is 0.0490. The van der Waals surface area contributed by atoms with Gasteiger partial charge < -0.3 is 9.15 Å². The largest absolute Gasteiger partial charge is 0.460 e. The number of ether oxygens (including phenoxy) is 1. The van der Waals surface area contributed by atoms with Crippen LogP contribution in [0.1, 0.15) is 17.5 Å². The predicted octanol–water partition coefficient (Wildman–Crippen LogP) is 2.76. The van der Waals surface area contributed by atoms with E-state index in [1.807, 2.05) is 0 Å². The molecule has 0 bridgehead atoms. The molecule has 0 saturated carbocycles. The molecule has 0 amide bonds. The molecule has 0 radical (unpaired) electrons. The minimum Gasteiger partial charge on any atom is -0.460 e. The third-order valence-electron chi connectivity index (χ3n) is 2.25. The van der Waals surface area contributed by atoms with E-state index in [1.165, 1.54) is 0 Å². The molecule has 1 heterocycles. The van der Waals surface area contributed by atoms with Crippen molar-refractivity contribution in [2.24, 2.45) is 0 Å². The molecule has 6 heteroatoms. The Morgan fingerprint density at radius 3 is 2.83 bits per heavy atom. The van der Waals surface area contributed by atoms with E-state index in [0.29, 0.717) is 0 Å². The summed E-state index contributed by atoms with van der Waals surface area (Å²) in [6.07, 6.45) is 0. The van der Waals surface area contributed by atoms with Crippen molar-refractivity contribution in [1.29, 1.82) is 0 Å². The lowest BCUT2D eigenvalue weighted by Crippen LogP contribution is -2.10. The molecular formula is C12H8ClFO4. The third-order valence-corrected chi connectivity index (χ3v) is 2.54. The highest BCUT2D eigenvalue weighted by molar-refractivity contribution is 6.31. The van der Waals surface area contributed by atoms with Crippen LogP contribution in [0.3, 0.4) is 0 Å². The molecule has 18 heavy (non-hydrogen) atoms. The fourth-order valence-corrected chi connectivity index (χ4v) is 1.61. The molecule has 0 spiro atoms. The van der Waals surface area contributed by atoms with Crippen LogP contribution >= 0.6 is 11.6 Å². The third kappa shape index (κ3) is 2.22. The smallest absolute Gasteiger partial charge is 0.374 e. The fourth-order valence-electron chi connectivity index (χ4n) is 1.45. The maximum atomic E-state index is 13.2. The molecule has 2 aromatic rings. The van der Waals surface area contributed by atoms with Crippen molar-refractivity contribution in [3.63, 3.8) is 0 Å². The Labute approximate surface area is 106 Å². The zero-order valence-electron chi connectivity index (χ0n) is 9.33. The number of halogens is 2. The summed E-state index contributed by atoms with van der Waals surface area (Å²) in [5.74, 6) is -1.71. The highest BCUT2D eigenvalue weighted by atomic mass is 35.5. The van der Waals surface area contributed by atoms with Crippen molar-refractivity contribution >= 4 is 28.5 Å². The molecule has 0 N–H and O–H groups in total. The quantitative estimate of drug-likeness (QED) is 0.788. The van der Waals surface area contributed by atoms with Gasteiger partial charge in [-0.15, -0.1) is 0 Å². The molecule has 0 saturated heterocycles. The number of benzene rings is 1. The molecule has 2 rings (SSSR count). The molecule has 0 fully saturated rings. The fraction of sp³-hybridized carbons (Fsp3) is 0.167. The standard InChI is InChI=1S/C12H8ClFO4/c1-2-17-12(16)11-5-9(15)6-3-8(14)7(13)4-10(6)18-11/h3-5H,2H2,1H3. The van der Waals surface area contributed by atoms with Crippen LogP contribution in [-0.2, 0) is 4.74 Å². The second-order valence-electron chi connectivity index (χ2n) is 3.46. The Morgan fingerprint density at radius 2 is 2.17 bits per heavy atom. The molecule has 94 valence electrons. The number of carbonyl (C=O) groups excluding carboxylic acids is 1. The summed E-state index contributed by atoms with van der Waals surface area (Å²) in [6.45, 7) is 1.79. The van der Waals surface area contributed by atoms with Gasteiger partial charge in [0.15, 0.2) is 5.43 Å². The first-order valence-corrected chi connectivity index (χ1v) is 5.50. The first-order valence-electron chi connectivity index (χ1n) is 5.13. The number of hydrogen-bond donors (Lipinski definition) is 0. The Kier molecular flexibility index (Phi) is 3.34. The predicted molar refractivity (Wildman–Crippen MR) is 63.4 cm³/mol. The van der Waals surface area contributed by atoms with Crippen LogP contribution < -0.4 is 5.43 Å². The average Bonchev–Trinajstić information content (AvgIpc) is 2.32. The lowest BCUT2D eigenvalue weighted by Gasteiger charge is -2.03. The van der Waals surface area contributed by atoms with Gasteiger partial charge in [-0.05, 0) is 13.0 Å². The summed E-state index contributed by atoms with van der Waals surface area (Å²) >= 11 is 5.58. The first-order chi connectivity index (χ1) is 8.52. The Morgan fingerprint density at radius 1 is 1.44 bits per heavy atom. The van der Waals surface area contributed by atoms with Gasteiger partial charge in [0.05, 0.1) is 17.0 Å². The Bertz CT molecular complexity index is 678. The molecule has 0 aliphatic rings. The van der Waals surface area contributed by atoms with E-state index in [2.05, 4.69) is 0 Å². The van der Waals surface area contributed by atoms with Crippen molar-refractivity contribution < 1.29 is 18.3 Å². The van der Waals surface area contributed by atoms with Crippen LogP contribution in [0.4, 0.5) is 4.39 Å². The number of hydrogen-bond acceptors (Lipinski definition) is 4. The molecule has 0 aliphatic heterocycles. The second kappa shape index (κ2) is 4.78. The van der Waals surface area contributed by atoms with Crippen LogP contribution in [-0.4, -0.2) is 12.6 Å². The summed E-state index contributed by atoms with van der Waals surface area (Å²) in [5.41, 5.74) is -0.494. The summed E-state index contributed by atoms with van der Waals surface area (Å²) in [5, 5.41) is -0.170. The zero-order valence-corrected chi connectivity index (χ0v) is 10.1. The van der Waals surface area contributed by atoms with E-state index in [-0.39, 0.29) is 28.4 Å². The molecule has 0 atom stereocenters. The highest BCUT2D eigenvalue weighted by Crippen LogP contribution is 2.21. The van der Waals surface area contributed by atoms with Crippen molar-refractivity contribution in [2.75, 3.05) is 6.61 Å². The Balaban J connectivity index is 2.65. The van der Waals surface area contributed by atoms with Crippen LogP contribution in [0.15, 0.2) is 27.4 Å². The van der Waals surface area contributed by atoms with Gasteiger partial charge in [0.25, 0.3) is 0 Å². The number of esters is 1. The molecular weight excluding hydrogens is 263 g/mol. The van der Waals surface area contributed by atoms with E-state index in [0.717, 1.165) is 18.2 Å². The maximum absolute atomic E-state index is 13.2. The van der Waals surface area contributed by atoms with E-state index in [9.17, 15) is 14.0 Å². The molecule has 1 aromatic heterocycles. The zero-order chi connectivity index (χ0) is 13.3. The van der Waals surface area contributed by atoms with E-state index < -0.39 is 17.2 Å². The second-order valence-corrected chi connectivity index (χ2v) is 3.87. The van der Waals surface area contributed by atoms with E-state index >= 15 is 0 Å².